The van der Waals surface area contributed by atoms with Crippen molar-refractivity contribution in [2.24, 2.45) is 5.92 Å². The van der Waals surface area contributed by atoms with Gasteiger partial charge in [-0.1, -0.05) is 6.07 Å². The molecule has 1 fully saturated rings. The third-order valence-corrected chi connectivity index (χ3v) is 6.19. The quantitative estimate of drug-likeness (QED) is 0.919. The van der Waals surface area contributed by atoms with E-state index in [0.29, 0.717) is 37.4 Å². The molecule has 1 amide bonds. The zero-order valence-corrected chi connectivity index (χ0v) is 14.2. The number of benzene rings is 1. The zero-order chi connectivity index (χ0) is 16.3. The molecular weight excluding hydrogens is 300 g/mol. The van der Waals surface area contributed by atoms with Crippen molar-refractivity contribution in [1.82, 2.24) is 9.62 Å². The minimum atomic E-state index is -3.46. The van der Waals surface area contributed by atoms with E-state index in [2.05, 4.69) is 5.32 Å². The Hall–Kier alpha value is -1.40. The second kappa shape index (κ2) is 6.79. The highest BCUT2D eigenvalue weighted by Gasteiger charge is 2.31. The summed E-state index contributed by atoms with van der Waals surface area (Å²) in [6.45, 7) is 7.17. The molecule has 1 aliphatic heterocycles. The van der Waals surface area contributed by atoms with E-state index in [4.69, 9.17) is 0 Å². The van der Waals surface area contributed by atoms with Crippen LogP contribution in [0, 0.1) is 19.8 Å². The van der Waals surface area contributed by atoms with Crippen molar-refractivity contribution in [2.75, 3.05) is 19.6 Å². The van der Waals surface area contributed by atoms with Crippen molar-refractivity contribution in [3.05, 3.63) is 29.3 Å². The standard InChI is InChI=1S/C16H24N2O3S/c1-4-17-16(19)14-7-9-18(10-8-14)22(20,21)15-6-5-12(2)13(3)11-15/h5-6,11,14H,4,7-10H2,1-3H3,(H,17,19). The molecule has 2 rings (SSSR count). The largest absolute Gasteiger partial charge is 0.356 e. The van der Waals surface area contributed by atoms with Gasteiger partial charge in [-0.2, -0.15) is 4.31 Å². The maximum Gasteiger partial charge on any atom is 0.243 e. The first kappa shape index (κ1) is 17.0. The Morgan fingerprint density at radius 2 is 1.86 bits per heavy atom. The Bertz CT molecular complexity index is 647. The van der Waals surface area contributed by atoms with Gasteiger partial charge in [0, 0.05) is 25.6 Å². The number of nitrogens with one attached hydrogen (secondary N) is 1. The van der Waals surface area contributed by atoms with Crippen molar-refractivity contribution in [1.29, 1.82) is 0 Å². The van der Waals surface area contributed by atoms with Crippen molar-refractivity contribution in [2.45, 2.75) is 38.5 Å². The second-order valence-corrected chi connectivity index (χ2v) is 7.76. The minimum Gasteiger partial charge on any atom is -0.356 e. The molecule has 0 aromatic heterocycles. The third-order valence-electron chi connectivity index (χ3n) is 4.29. The first-order valence-electron chi connectivity index (χ1n) is 7.71. The lowest BCUT2D eigenvalue weighted by molar-refractivity contribution is -0.126. The lowest BCUT2D eigenvalue weighted by Crippen LogP contribution is -2.42. The van der Waals surface area contributed by atoms with Crippen LogP contribution in [0.4, 0.5) is 0 Å². The monoisotopic (exact) mass is 324 g/mol. The SMILES string of the molecule is CCNC(=O)C1CCN(S(=O)(=O)c2ccc(C)c(C)c2)CC1. The smallest absolute Gasteiger partial charge is 0.243 e. The van der Waals surface area contributed by atoms with E-state index >= 15 is 0 Å². The van der Waals surface area contributed by atoms with Crippen LogP contribution in [0.25, 0.3) is 0 Å². The normalized spacial score (nSPS) is 17.4. The Labute approximate surface area is 132 Å². The van der Waals surface area contributed by atoms with Gasteiger partial charge in [-0.15, -0.1) is 0 Å². The maximum atomic E-state index is 12.7. The van der Waals surface area contributed by atoms with Crippen LogP contribution >= 0.6 is 0 Å². The molecular formula is C16H24N2O3S. The van der Waals surface area contributed by atoms with Gasteiger partial charge >= 0.3 is 0 Å². The molecule has 1 aromatic carbocycles. The average molecular weight is 324 g/mol. The predicted octanol–water partition coefficient (Wildman–Crippen LogP) is 1.84. The summed E-state index contributed by atoms with van der Waals surface area (Å²) in [4.78, 5) is 12.2. The molecule has 0 saturated carbocycles. The van der Waals surface area contributed by atoms with Gasteiger partial charge in [0.2, 0.25) is 15.9 Å². The van der Waals surface area contributed by atoms with Gasteiger partial charge in [0.15, 0.2) is 0 Å². The highest BCUT2D eigenvalue weighted by molar-refractivity contribution is 7.89. The number of hydrogen-bond acceptors (Lipinski definition) is 3. The maximum absolute atomic E-state index is 12.7. The molecule has 0 atom stereocenters. The fourth-order valence-corrected chi connectivity index (χ4v) is 4.26. The number of amides is 1. The average Bonchev–Trinajstić information content (AvgIpc) is 2.50. The molecule has 0 radical (unpaired) electrons. The molecule has 122 valence electrons. The number of piperidine rings is 1. The van der Waals surface area contributed by atoms with Crippen LogP contribution in [0.1, 0.15) is 30.9 Å². The minimum absolute atomic E-state index is 0.0331. The van der Waals surface area contributed by atoms with Gasteiger partial charge < -0.3 is 5.32 Å². The van der Waals surface area contributed by atoms with Crippen LogP contribution in [-0.4, -0.2) is 38.3 Å². The van der Waals surface area contributed by atoms with Crippen molar-refractivity contribution >= 4 is 15.9 Å². The first-order chi connectivity index (χ1) is 10.4. The Balaban J connectivity index is 2.09. The molecule has 1 heterocycles. The van der Waals surface area contributed by atoms with E-state index in [1.165, 1.54) is 4.31 Å². The van der Waals surface area contributed by atoms with Gasteiger partial charge in [-0.25, -0.2) is 8.42 Å². The van der Waals surface area contributed by atoms with E-state index in [9.17, 15) is 13.2 Å². The van der Waals surface area contributed by atoms with Crippen LogP contribution in [0.5, 0.6) is 0 Å². The number of carbonyl (C=O) groups is 1. The zero-order valence-electron chi connectivity index (χ0n) is 13.4. The Morgan fingerprint density at radius 1 is 1.23 bits per heavy atom. The van der Waals surface area contributed by atoms with Crippen LogP contribution in [0.3, 0.4) is 0 Å². The Kier molecular flexibility index (Phi) is 5.24. The molecule has 0 aliphatic carbocycles. The fourth-order valence-electron chi connectivity index (χ4n) is 2.70. The first-order valence-corrected chi connectivity index (χ1v) is 9.15. The second-order valence-electron chi connectivity index (χ2n) is 5.82. The topological polar surface area (TPSA) is 66.5 Å². The molecule has 0 spiro atoms. The van der Waals surface area contributed by atoms with E-state index < -0.39 is 10.0 Å². The van der Waals surface area contributed by atoms with Crippen molar-refractivity contribution in [3.63, 3.8) is 0 Å². The molecule has 5 nitrogen and oxygen atoms in total. The fraction of sp³-hybridized carbons (Fsp3) is 0.562. The molecule has 0 unspecified atom stereocenters. The number of sulfonamides is 1. The van der Waals surface area contributed by atoms with Crippen LogP contribution in [0.15, 0.2) is 23.1 Å². The summed E-state index contributed by atoms with van der Waals surface area (Å²) >= 11 is 0. The summed E-state index contributed by atoms with van der Waals surface area (Å²) in [6.07, 6.45) is 1.16. The van der Waals surface area contributed by atoms with Crippen LogP contribution in [-0.2, 0) is 14.8 Å². The summed E-state index contributed by atoms with van der Waals surface area (Å²) in [5.74, 6) is -0.0446. The molecule has 1 aliphatic rings. The van der Waals surface area contributed by atoms with Crippen LogP contribution in [0.2, 0.25) is 0 Å². The summed E-state index contributed by atoms with van der Waals surface area (Å²) in [5.41, 5.74) is 2.05. The lowest BCUT2D eigenvalue weighted by atomic mass is 9.97. The summed E-state index contributed by atoms with van der Waals surface area (Å²) in [6, 6.07) is 5.22. The molecule has 1 saturated heterocycles. The molecule has 1 N–H and O–H groups in total. The lowest BCUT2D eigenvalue weighted by Gasteiger charge is -2.30. The summed E-state index contributed by atoms with van der Waals surface area (Å²) < 4.78 is 26.8. The van der Waals surface area contributed by atoms with E-state index in [-0.39, 0.29) is 11.8 Å². The predicted molar refractivity (Wildman–Crippen MR) is 86.1 cm³/mol. The number of nitrogens with zero attached hydrogens (tertiary/aromatic N) is 1. The van der Waals surface area contributed by atoms with E-state index in [1.807, 2.05) is 26.8 Å². The van der Waals surface area contributed by atoms with Gasteiger partial charge in [0.05, 0.1) is 4.90 Å². The van der Waals surface area contributed by atoms with Crippen molar-refractivity contribution < 1.29 is 13.2 Å². The Morgan fingerprint density at radius 3 is 2.41 bits per heavy atom. The summed E-state index contributed by atoms with van der Waals surface area (Å²) in [7, 11) is -3.46. The van der Waals surface area contributed by atoms with Gasteiger partial charge in [-0.3, -0.25) is 4.79 Å². The third kappa shape index (κ3) is 3.50. The number of rotatable bonds is 4. The van der Waals surface area contributed by atoms with Gasteiger partial charge in [0.25, 0.3) is 0 Å². The van der Waals surface area contributed by atoms with E-state index in [1.54, 1.807) is 12.1 Å². The van der Waals surface area contributed by atoms with Gasteiger partial charge in [-0.05, 0) is 56.9 Å². The molecule has 0 bridgehead atoms. The van der Waals surface area contributed by atoms with Gasteiger partial charge in [0.1, 0.15) is 0 Å². The molecule has 22 heavy (non-hydrogen) atoms. The summed E-state index contributed by atoms with van der Waals surface area (Å²) in [5, 5.41) is 2.81. The van der Waals surface area contributed by atoms with Crippen molar-refractivity contribution in [3.8, 4) is 0 Å². The molecule has 1 aromatic rings. The number of aryl methyl sites for hydroxylation is 2. The number of hydrogen-bond donors (Lipinski definition) is 1. The highest BCUT2D eigenvalue weighted by Crippen LogP contribution is 2.25. The molecule has 6 heteroatoms. The van der Waals surface area contributed by atoms with Crippen LogP contribution < -0.4 is 5.32 Å². The van der Waals surface area contributed by atoms with E-state index in [0.717, 1.165) is 11.1 Å². The highest BCUT2D eigenvalue weighted by atomic mass is 32.2. The number of carbonyl (C=O) groups excluding carboxylic acids is 1.